The number of nitrogen functional groups attached to an aromatic ring is 1. The maximum atomic E-state index is 12.4. The molecule has 0 bridgehead atoms. The van der Waals surface area contributed by atoms with Crippen LogP contribution in [0.4, 0.5) is 5.69 Å². The van der Waals surface area contributed by atoms with E-state index < -0.39 is 0 Å². The molecule has 0 atom stereocenters. The first kappa shape index (κ1) is 13.6. The monoisotopic (exact) mass is 274 g/mol. The molecule has 0 saturated heterocycles. The lowest BCUT2D eigenvalue weighted by Crippen LogP contribution is -2.26. The summed E-state index contributed by atoms with van der Waals surface area (Å²) in [5, 5.41) is 0. The molecule has 2 rings (SSSR count). The van der Waals surface area contributed by atoms with Gasteiger partial charge in [-0.3, -0.25) is 4.79 Å². The SMILES string of the molecule is Cc1ccc(CN(C)C(=O)c2cc(N)ccc2C)s1. The number of nitrogens with two attached hydrogens (primary N) is 1. The van der Waals surface area contributed by atoms with E-state index in [0.29, 0.717) is 17.8 Å². The Morgan fingerprint density at radius 1 is 1.26 bits per heavy atom. The van der Waals surface area contributed by atoms with E-state index in [9.17, 15) is 4.79 Å². The van der Waals surface area contributed by atoms with E-state index in [4.69, 9.17) is 5.73 Å². The lowest BCUT2D eigenvalue weighted by molar-refractivity contribution is 0.0786. The number of nitrogens with zero attached hydrogens (tertiary/aromatic N) is 1. The number of hydrogen-bond acceptors (Lipinski definition) is 3. The summed E-state index contributed by atoms with van der Waals surface area (Å²) < 4.78 is 0. The Bertz CT molecular complexity index is 604. The molecule has 1 aromatic heterocycles. The average Bonchev–Trinajstić information content (AvgIpc) is 2.77. The van der Waals surface area contributed by atoms with E-state index in [1.54, 1.807) is 22.3 Å². The first-order valence-corrected chi connectivity index (χ1v) is 6.96. The number of carbonyl (C=O) groups excluding carboxylic acids is 1. The minimum absolute atomic E-state index is 0.0100. The first-order valence-electron chi connectivity index (χ1n) is 6.14. The number of amides is 1. The van der Waals surface area contributed by atoms with E-state index >= 15 is 0 Å². The highest BCUT2D eigenvalue weighted by atomic mass is 32.1. The van der Waals surface area contributed by atoms with Crippen molar-refractivity contribution >= 4 is 22.9 Å². The molecule has 0 saturated carbocycles. The maximum Gasteiger partial charge on any atom is 0.254 e. The van der Waals surface area contributed by atoms with Gasteiger partial charge in [0.1, 0.15) is 0 Å². The standard InChI is InChI=1S/C15H18N2OS/c1-10-4-6-12(16)8-14(10)15(18)17(3)9-13-7-5-11(2)19-13/h4-8H,9,16H2,1-3H3. The maximum absolute atomic E-state index is 12.4. The van der Waals surface area contributed by atoms with Crippen molar-refractivity contribution in [1.82, 2.24) is 4.90 Å². The third-order valence-electron chi connectivity index (χ3n) is 3.03. The van der Waals surface area contributed by atoms with Gasteiger partial charge >= 0.3 is 0 Å². The Balaban J connectivity index is 2.16. The Kier molecular flexibility index (Phi) is 3.90. The zero-order valence-corrected chi connectivity index (χ0v) is 12.3. The molecule has 0 unspecified atom stereocenters. The van der Waals surface area contributed by atoms with Gasteiger partial charge in [-0.05, 0) is 43.7 Å². The molecule has 0 radical (unpaired) electrons. The van der Waals surface area contributed by atoms with Gasteiger partial charge in [0.25, 0.3) is 5.91 Å². The van der Waals surface area contributed by atoms with E-state index in [1.165, 1.54) is 9.75 Å². The fraction of sp³-hybridized carbons (Fsp3) is 0.267. The van der Waals surface area contributed by atoms with Gasteiger partial charge in [-0.1, -0.05) is 6.07 Å². The highest BCUT2D eigenvalue weighted by Gasteiger charge is 2.15. The molecule has 19 heavy (non-hydrogen) atoms. The van der Waals surface area contributed by atoms with Crippen molar-refractivity contribution in [2.24, 2.45) is 0 Å². The second kappa shape index (κ2) is 5.45. The zero-order valence-electron chi connectivity index (χ0n) is 11.4. The van der Waals surface area contributed by atoms with E-state index in [0.717, 1.165) is 5.56 Å². The van der Waals surface area contributed by atoms with Crippen LogP contribution in [0.15, 0.2) is 30.3 Å². The smallest absolute Gasteiger partial charge is 0.254 e. The lowest BCUT2D eigenvalue weighted by Gasteiger charge is -2.17. The van der Waals surface area contributed by atoms with Crippen molar-refractivity contribution in [3.8, 4) is 0 Å². The van der Waals surface area contributed by atoms with Gasteiger partial charge < -0.3 is 10.6 Å². The van der Waals surface area contributed by atoms with Crippen molar-refractivity contribution in [2.45, 2.75) is 20.4 Å². The first-order chi connectivity index (χ1) is 8.97. The zero-order chi connectivity index (χ0) is 14.0. The molecular weight excluding hydrogens is 256 g/mol. The number of thiophene rings is 1. The van der Waals surface area contributed by atoms with Gasteiger partial charge in [0, 0.05) is 28.1 Å². The van der Waals surface area contributed by atoms with Crippen LogP contribution in [-0.4, -0.2) is 17.9 Å². The molecule has 2 aromatic rings. The number of anilines is 1. The van der Waals surface area contributed by atoms with E-state index in [1.807, 2.05) is 26.1 Å². The van der Waals surface area contributed by atoms with Gasteiger partial charge in [-0.2, -0.15) is 0 Å². The molecule has 0 aliphatic carbocycles. The molecule has 0 aliphatic rings. The van der Waals surface area contributed by atoms with Gasteiger partial charge in [0.15, 0.2) is 0 Å². The Hall–Kier alpha value is -1.81. The number of aryl methyl sites for hydroxylation is 2. The van der Waals surface area contributed by atoms with Crippen LogP contribution in [0.25, 0.3) is 0 Å². The number of benzene rings is 1. The summed E-state index contributed by atoms with van der Waals surface area (Å²) in [4.78, 5) is 16.6. The van der Waals surface area contributed by atoms with Crippen LogP contribution in [-0.2, 0) is 6.54 Å². The van der Waals surface area contributed by atoms with Crippen molar-refractivity contribution in [3.63, 3.8) is 0 Å². The lowest BCUT2D eigenvalue weighted by atomic mass is 10.1. The Morgan fingerprint density at radius 3 is 2.63 bits per heavy atom. The minimum Gasteiger partial charge on any atom is -0.399 e. The average molecular weight is 274 g/mol. The molecule has 2 N–H and O–H groups in total. The normalized spacial score (nSPS) is 10.5. The molecule has 3 nitrogen and oxygen atoms in total. The van der Waals surface area contributed by atoms with E-state index in [2.05, 4.69) is 19.1 Å². The van der Waals surface area contributed by atoms with Crippen LogP contribution in [0.1, 0.15) is 25.7 Å². The quantitative estimate of drug-likeness (QED) is 0.874. The summed E-state index contributed by atoms with van der Waals surface area (Å²) >= 11 is 1.72. The number of hydrogen-bond donors (Lipinski definition) is 1. The highest BCUT2D eigenvalue weighted by Crippen LogP contribution is 2.19. The van der Waals surface area contributed by atoms with Crippen molar-refractivity contribution in [3.05, 3.63) is 51.2 Å². The molecule has 1 amide bonds. The highest BCUT2D eigenvalue weighted by molar-refractivity contribution is 7.11. The second-order valence-electron chi connectivity index (χ2n) is 4.75. The molecule has 0 aliphatic heterocycles. The van der Waals surface area contributed by atoms with E-state index in [-0.39, 0.29) is 5.91 Å². The predicted molar refractivity (Wildman–Crippen MR) is 80.4 cm³/mol. The third-order valence-corrected chi connectivity index (χ3v) is 4.01. The van der Waals surface area contributed by atoms with Crippen molar-refractivity contribution in [1.29, 1.82) is 0 Å². The van der Waals surface area contributed by atoms with Gasteiger partial charge in [-0.15, -0.1) is 11.3 Å². The van der Waals surface area contributed by atoms with Crippen LogP contribution in [0.2, 0.25) is 0 Å². The van der Waals surface area contributed by atoms with Crippen LogP contribution in [0.3, 0.4) is 0 Å². The summed E-state index contributed by atoms with van der Waals surface area (Å²) in [7, 11) is 1.82. The van der Waals surface area contributed by atoms with Crippen LogP contribution in [0, 0.1) is 13.8 Å². The topological polar surface area (TPSA) is 46.3 Å². The molecule has 100 valence electrons. The summed E-state index contributed by atoms with van der Waals surface area (Å²) in [5.74, 6) is 0.0100. The Morgan fingerprint density at radius 2 is 2.00 bits per heavy atom. The molecule has 1 aromatic carbocycles. The van der Waals surface area contributed by atoms with Crippen LogP contribution in [0.5, 0.6) is 0 Å². The summed E-state index contributed by atoms with van der Waals surface area (Å²) in [5.41, 5.74) is 8.00. The third kappa shape index (κ3) is 3.15. The van der Waals surface area contributed by atoms with Crippen LogP contribution < -0.4 is 5.73 Å². The van der Waals surface area contributed by atoms with Crippen molar-refractivity contribution in [2.75, 3.05) is 12.8 Å². The summed E-state index contributed by atoms with van der Waals surface area (Å²) in [6.07, 6.45) is 0. The molecular formula is C15H18N2OS. The predicted octanol–water partition coefficient (Wildman–Crippen LogP) is 3.22. The summed E-state index contributed by atoms with van der Waals surface area (Å²) in [6.45, 7) is 4.62. The largest absolute Gasteiger partial charge is 0.399 e. The van der Waals surface area contributed by atoms with Gasteiger partial charge in [-0.25, -0.2) is 0 Å². The summed E-state index contributed by atoms with van der Waals surface area (Å²) in [6, 6.07) is 9.58. The van der Waals surface area contributed by atoms with Gasteiger partial charge in [0.2, 0.25) is 0 Å². The fourth-order valence-corrected chi connectivity index (χ4v) is 2.90. The molecule has 1 heterocycles. The Labute approximate surface area is 117 Å². The molecule has 0 fully saturated rings. The fourth-order valence-electron chi connectivity index (χ4n) is 1.95. The minimum atomic E-state index is 0.0100. The number of carbonyl (C=O) groups is 1. The molecule has 4 heteroatoms. The van der Waals surface area contributed by atoms with Crippen molar-refractivity contribution < 1.29 is 4.79 Å². The van der Waals surface area contributed by atoms with Gasteiger partial charge in [0.05, 0.1) is 6.54 Å². The van der Waals surface area contributed by atoms with Crippen LogP contribution >= 0.6 is 11.3 Å². The number of rotatable bonds is 3. The molecule has 0 spiro atoms. The second-order valence-corrected chi connectivity index (χ2v) is 6.12.